The summed E-state index contributed by atoms with van der Waals surface area (Å²) in [6, 6.07) is 13.3. The molecule has 0 aromatic heterocycles. The van der Waals surface area contributed by atoms with Gasteiger partial charge in [0.2, 0.25) is 0 Å². The number of nitrogens with zero attached hydrogens (tertiary/aromatic N) is 1. The number of hydrogen-bond donors (Lipinski definition) is 0. The van der Waals surface area contributed by atoms with Gasteiger partial charge in [0.15, 0.2) is 0 Å². The first kappa shape index (κ1) is 20.5. The first-order valence-corrected chi connectivity index (χ1v) is 10.8. The predicted molar refractivity (Wildman–Crippen MR) is 112 cm³/mol. The van der Waals surface area contributed by atoms with Crippen LogP contribution < -0.4 is 4.31 Å². The second kappa shape index (κ2) is 9.19. The van der Waals surface area contributed by atoms with Crippen molar-refractivity contribution in [2.24, 2.45) is 0 Å². The van der Waals surface area contributed by atoms with E-state index in [-0.39, 0.29) is 4.90 Å². The number of carbonyl (C=O) groups is 1. The Morgan fingerprint density at radius 3 is 2.38 bits per heavy atom. The van der Waals surface area contributed by atoms with Gasteiger partial charge < -0.3 is 0 Å². The minimum Gasteiger partial charge on any atom is -0.258 e. The molecule has 136 valence electrons. The molecule has 0 bridgehead atoms. The molecule has 0 spiro atoms. The maximum absolute atomic E-state index is 13.2. The molecular weight excluding hydrogens is 461 g/mol. The van der Waals surface area contributed by atoms with E-state index in [1.807, 2.05) is 36.4 Å². The van der Waals surface area contributed by atoms with Gasteiger partial charge in [-0.3, -0.25) is 4.79 Å². The van der Waals surface area contributed by atoms with E-state index in [2.05, 4.69) is 11.8 Å². The quantitative estimate of drug-likeness (QED) is 0.359. The third kappa shape index (κ3) is 4.86. The van der Waals surface area contributed by atoms with E-state index in [0.29, 0.717) is 15.7 Å². The van der Waals surface area contributed by atoms with Crippen molar-refractivity contribution >= 4 is 44.2 Å². The Labute approximate surface area is 168 Å². The molecule has 0 aliphatic carbocycles. The monoisotopic (exact) mass is 481 g/mol. The molecule has 0 atom stereocenters. The van der Waals surface area contributed by atoms with Crippen molar-refractivity contribution in [1.82, 2.24) is 0 Å². The number of anilines is 1. The number of unbranched alkanes of at least 4 members (excludes halogenated alkanes) is 2. The molecule has 2 aromatic rings. The number of aryl methyl sites for hydroxylation is 1. The molecule has 6 heteroatoms. The summed E-state index contributed by atoms with van der Waals surface area (Å²) >= 11 is 2.02. The molecule has 26 heavy (non-hydrogen) atoms. The van der Waals surface area contributed by atoms with Crippen LogP contribution in [0.15, 0.2) is 53.4 Å². The zero-order valence-electron chi connectivity index (χ0n) is 14.7. The number of rotatable bonds is 5. The first-order chi connectivity index (χ1) is 12.4. The number of benzene rings is 2. The van der Waals surface area contributed by atoms with Gasteiger partial charge in [0.05, 0.1) is 10.6 Å². The van der Waals surface area contributed by atoms with E-state index < -0.39 is 15.9 Å². The smallest absolute Gasteiger partial charge is 0.258 e. The second-order valence-electron chi connectivity index (χ2n) is 5.74. The first-order valence-electron chi connectivity index (χ1n) is 8.27. The lowest BCUT2D eigenvalue weighted by molar-refractivity contribution is -0.112. The minimum atomic E-state index is -4.06. The normalized spacial score (nSPS) is 10.7. The molecule has 0 unspecified atom stereocenters. The van der Waals surface area contributed by atoms with Crippen LogP contribution in [0.4, 0.5) is 5.69 Å². The van der Waals surface area contributed by atoms with Crippen LogP contribution in [-0.4, -0.2) is 14.3 Å². The van der Waals surface area contributed by atoms with Crippen molar-refractivity contribution in [3.05, 3.63) is 57.7 Å². The molecule has 0 aliphatic rings. The van der Waals surface area contributed by atoms with Crippen LogP contribution in [0.5, 0.6) is 0 Å². The van der Waals surface area contributed by atoms with Crippen LogP contribution in [0.25, 0.3) is 0 Å². The average molecular weight is 481 g/mol. The molecule has 4 nitrogen and oxygen atoms in total. The molecule has 0 aliphatic heterocycles. The topological polar surface area (TPSA) is 54.5 Å². The number of carbonyl (C=O) groups excluding carboxylic acids is 1. The summed E-state index contributed by atoms with van der Waals surface area (Å²) in [5.41, 5.74) is 1.25. The number of halogens is 1. The van der Waals surface area contributed by atoms with Crippen molar-refractivity contribution in [1.29, 1.82) is 0 Å². The van der Waals surface area contributed by atoms with Gasteiger partial charge in [0.1, 0.15) is 0 Å². The van der Waals surface area contributed by atoms with E-state index in [9.17, 15) is 13.2 Å². The number of amides is 1. The zero-order valence-corrected chi connectivity index (χ0v) is 17.7. The van der Waals surface area contributed by atoms with Crippen molar-refractivity contribution in [2.45, 2.75) is 38.0 Å². The maximum atomic E-state index is 13.2. The lowest BCUT2D eigenvalue weighted by Gasteiger charge is -2.21. The molecule has 1 amide bonds. The summed E-state index contributed by atoms with van der Waals surface area (Å²) in [5, 5.41) is 0. The second-order valence-corrected chi connectivity index (χ2v) is 8.69. The van der Waals surface area contributed by atoms with E-state index in [1.54, 1.807) is 36.4 Å². The highest BCUT2D eigenvalue weighted by Crippen LogP contribution is 2.28. The van der Waals surface area contributed by atoms with Crippen molar-refractivity contribution in [3.63, 3.8) is 0 Å². The standard InChI is InChI=1S/C20H20INO3S/c1-3-4-5-6-11-20(23)22(19-10-8-7-9-18(19)21)26(24,25)17-14-12-16(2)13-15-17/h7-10,12-15H,3-5H2,1-2H3. The Kier molecular flexibility index (Phi) is 7.23. The van der Waals surface area contributed by atoms with Crippen LogP contribution in [0.2, 0.25) is 0 Å². The predicted octanol–water partition coefficient (Wildman–Crippen LogP) is 4.52. The van der Waals surface area contributed by atoms with Crippen LogP contribution in [-0.2, 0) is 14.8 Å². The Balaban J connectivity index is 2.53. The molecule has 0 saturated heterocycles. The fourth-order valence-corrected chi connectivity index (χ4v) is 4.40. The molecule has 0 fully saturated rings. The summed E-state index contributed by atoms with van der Waals surface area (Å²) < 4.78 is 27.8. The lowest BCUT2D eigenvalue weighted by Crippen LogP contribution is -2.36. The Morgan fingerprint density at radius 2 is 1.77 bits per heavy atom. The van der Waals surface area contributed by atoms with Gasteiger partial charge in [-0.2, -0.15) is 4.31 Å². The Morgan fingerprint density at radius 1 is 1.12 bits per heavy atom. The molecule has 2 rings (SSSR count). The van der Waals surface area contributed by atoms with Gasteiger partial charge in [-0.15, -0.1) is 0 Å². The molecule has 0 N–H and O–H groups in total. The van der Waals surface area contributed by atoms with E-state index in [1.165, 1.54) is 12.1 Å². The van der Waals surface area contributed by atoms with Gasteiger partial charge in [-0.25, -0.2) is 8.42 Å². The highest BCUT2D eigenvalue weighted by atomic mass is 127. The third-order valence-corrected chi connectivity index (χ3v) is 6.29. The molecule has 2 aromatic carbocycles. The highest BCUT2D eigenvalue weighted by molar-refractivity contribution is 14.1. The molecular formula is C20H20INO3S. The summed E-state index contributed by atoms with van der Waals surface area (Å²) in [4.78, 5) is 12.8. The summed E-state index contributed by atoms with van der Waals surface area (Å²) in [6.07, 6.45) is 2.39. The minimum absolute atomic E-state index is 0.0615. The van der Waals surface area contributed by atoms with Crippen molar-refractivity contribution in [2.75, 3.05) is 4.31 Å². The molecule has 0 radical (unpaired) electrons. The van der Waals surface area contributed by atoms with E-state index in [0.717, 1.165) is 22.7 Å². The average Bonchev–Trinajstić information content (AvgIpc) is 2.61. The number of hydrogen-bond acceptors (Lipinski definition) is 3. The highest BCUT2D eigenvalue weighted by Gasteiger charge is 2.31. The molecule has 0 heterocycles. The Bertz CT molecular complexity index is 941. The zero-order chi connectivity index (χ0) is 19.2. The molecule has 0 saturated carbocycles. The fourth-order valence-electron chi connectivity index (χ4n) is 2.23. The summed E-state index contributed by atoms with van der Waals surface area (Å²) in [6.45, 7) is 3.91. The summed E-state index contributed by atoms with van der Waals surface area (Å²) in [5.74, 6) is 4.52. The van der Waals surface area contributed by atoms with Gasteiger partial charge in [0.25, 0.3) is 10.0 Å². The van der Waals surface area contributed by atoms with Crippen LogP contribution >= 0.6 is 22.6 Å². The van der Waals surface area contributed by atoms with E-state index in [4.69, 9.17) is 0 Å². The van der Waals surface area contributed by atoms with Crippen LogP contribution in [0, 0.1) is 22.3 Å². The van der Waals surface area contributed by atoms with Gasteiger partial charge in [-0.05, 0) is 66.1 Å². The largest absolute Gasteiger partial charge is 0.316 e. The number of sulfonamides is 1. The van der Waals surface area contributed by atoms with Crippen molar-refractivity contribution in [3.8, 4) is 11.8 Å². The maximum Gasteiger partial charge on any atom is 0.316 e. The van der Waals surface area contributed by atoms with E-state index >= 15 is 0 Å². The SMILES string of the molecule is CCCCC#CC(=O)N(c1ccccc1I)S(=O)(=O)c1ccc(C)cc1. The Hall–Kier alpha value is -1.85. The van der Waals surface area contributed by atoms with Crippen molar-refractivity contribution < 1.29 is 13.2 Å². The van der Waals surface area contributed by atoms with Gasteiger partial charge in [-0.1, -0.05) is 49.1 Å². The van der Waals surface area contributed by atoms with Crippen LogP contribution in [0.1, 0.15) is 31.7 Å². The lowest BCUT2D eigenvalue weighted by atomic mass is 10.2. The number of para-hydroxylation sites is 1. The third-order valence-electron chi connectivity index (χ3n) is 3.67. The van der Waals surface area contributed by atoms with Gasteiger partial charge in [0, 0.05) is 9.99 Å². The fraction of sp³-hybridized carbons (Fsp3) is 0.250. The van der Waals surface area contributed by atoms with Gasteiger partial charge >= 0.3 is 5.91 Å². The van der Waals surface area contributed by atoms with Crippen LogP contribution in [0.3, 0.4) is 0 Å². The summed E-state index contributed by atoms with van der Waals surface area (Å²) in [7, 11) is -4.06.